The van der Waals surface area contributed by atoms with Gasteiger partial charge in [-0.3, -0.25) is 4.90 Å². The molecule has 0 aliphatic carbocycles. The molecule has 3 heteroatoms. The van der Waals surface area contributed by atoms with Gasteiger partial charge >= 0.3 is 0 Å². The van der Waals surface area contributed by atoms with Gasteiger partial charge in [0.05, 0.1) is 6.61 Å². The summed E-state index contributed by atoms with van der Waals surface area (Å²) in [5.41, 5.74) is 1.40. The van der Waals surface area contributed by atoms with E-state index in [-0.39, 0.29) is 0 Å². The number of rotatable bonds is 1. The van der Waals surface area contributed by atoms with Crippen molar-refractivity contribution in [3.8, 4) is 5.75 Å². The van der Waals surface area contributed by atoms with E-state index in [0.29, 0.717) is 6.04 Å². The molecule has 3 aliphatic rings. The maximum atomic E-state index is 5.79. The van der Waals surface area contributed by atoms with Crippen molar-refractivity contribution in [2.24, 2.45) is 5.92 Å². The van der Waals surface area contributed by atoms with Gasteiger partial charge < -0.3 is 10.1 Å². The Morgan fingerprint density at radius 1 is 1.16 bits per heavy atom. The molecular formula is C16H22N2O. The molecule has 0 spiro atoms. The Labute approximate surface area is 114 Å². The van der Waals surface area contributed by atoms with E-state index in [0.717, 1.165) is 30.7 Å². The van der Waals surface area contributed by atoms with Gasteiger partial charge in [-0.05, 0) is 31.4 Å². The number of nitrogens with one attached hydrogen (secondary N) is 1. The van der Waals surface area contributed by atoms with Crippen LogP contribution in [0.15, 0.2) is 24.3 Å². The Kier molecular flexibility index (Phi) is 2.97. The minimum atomic E-state index is 0.567. The normalized spacial score (nSPS) is 34.4. The lowest BCUT2D eigenvalue weighted by molar-refractivity contribution is 0.160. The number of fused-ring (bicyclic) bond motifs is 2. The molecule has 0 saturated carbocycles. The number of benzene rings is 1. The first-order valence-corrected chi connectivity index (χ1v) is 7.61. The van der Waals surface area contributed by atoms with Gasteiger partial charge in [0.2, 0.25) is 0 Å². The molecule has 102 valence electrons. The number of ether oxygens (including phenoxy) is 1. The van der Waals surface area contributed by atoms with Crippen LogP contribution in [0.4, 0.5) is 0 Å². The third-order valence-electron chi connectivity index (χ3n) is 5.00. The second kappa shape index (κ2) is 4.80. The molecule has 1 unspecified atom stereocenters. The highest BCUT2D eigenvalue weighted by molar-refractivity contribution is 5.37. The number of hydrogen-bond donors (Lipinski definition) is 1. The van der Waals surface area contributed by atoms with E-state index >= 15 is 0 Å². The topological polar surface area (TPSA) is 24.5 Å². The lowest BCUT2D eigenvalue weighted by Gasteiger charge is -2.33. The van der Waals surface area contributed by atoms with Crippen molar-refractivity contribution in [1.82, 2.24) is 10.2 Å². The molecule has 4 rings (SSSR count). The molecule has 0 aromatic heterocycles. The molecular weight excluding hydrogens is 236 g/mol. The van der Waals surface area contributed by atoms with Gasteiger partial charge in [0, 0.05) is 37.2 Å². The van der Waals surface area contributed by atoms with Crippen LogP contribution in [0.3, 0.4) is 0 Å². The first kappa shape index (κ1) is 11.7. The number of likely N-dealkylation sites (tertiary alicyclic amines) is 1. The van der Waals surface area contributed by atoms with Crippen LogP contribution in [0.25, 0.3) is 0 Å². The largest absolute Gasteiger partial charge is 0.493 e. The van der Waals surface area contributed by atoms with Crippen LogP contribution in [-0.2, 0) is 0 Å². The Hall–Kier alpha value is -1.06. The fourth-order valence-electron chi connectivity index (χ4n) is 4.04. The molecule has 2 fully saturated rings. The Morgan fingerprint density at radius 3 is 3.05 bits per heavy atom. The highest BCUT2D eigenvalue weighted by Gasteiger charge is 2.38. The summed E-state index contributed by atoms with van der Waals surface area (Å²) in [5.74, 6) is 1.96. The predicted molar refractivity (Wildman–Crippen MR) is 75.4 cm³/mol. The fraction of sp³-hybridized carbons (Fsp3) is 0.625. The molecule has 3 atom stereocenters. The van der Waals surface area contributed by atoms with Crippen LogP contribution in [0.1, 0.15) is 30.9 Å². The lowest BCUT2D eigenvalue weighted by atomic mass is 9.94. The van der Waals surface area contributed by atoms with Crippen molar-refractivity contribution in [3.63, 3.8) is 0 Å². The van der Waals surface area contributed by atoms with Gasteiger partial charge in [-0.2, -0.15) is 0 Å². The molecule has 1 aromatic rings. The summed E-state index contributed by atoms with van der Waals surface area (Å²) in [7, 11) is 0. The summed E-state index contributed by atoms with van der Waals surface area (Å²) in [6.45, 7) is 4.54. The smallest absolute Gasteiger partial charge is 0.124 e. The first-order chi connectivity index (χ1) is 9.42. The minimum Gasteiger partial charge on any atom is -0.493 e. The summed E-state index contributed by atoms with van der Waals surface area (Å²) >= 11 is 0. The van der Waals surface area contributed by atoms with Gasteiger partial charge in [0.25, 0.3) is 0 Å². The van der Waals surface area contributed by atoms with E-state index in [1.165, 1.54) is 38.0 Å². The molecule has 1 N–H and O–H groups in total. The second-order valence-electron chi connectivity index (χ2n) is 6.11. The van der Waals surface area contributed by atoms with Crippen molar-refractivity contribution >= 4 is 0 Å². The molecule has 3 aliphatic heterocycles. The van der Waals surface area contributed by atoms with Crippen LogP contribution < -0.4 is 10.1 Å². The van der Waals surface area contributed by atoms with Crippen molar-refractivity contribution < 1.29 is 4.74 Å². The maximum Gasteiger partial charge on any atom is 0.124 e. The maximum absolute atomic E-state index is 5.79. The summed E-state index contributed by atoms with van der Waals surface area (Å²) in [5, 5.41) is 3.70. The Morgan fingerprint density at radius 2 is 2.11 bits per heavy atom. The second-order valence-corrected chi connectivity index (χ2v) is 6.11. The highest BCUT2D eigenvalue weighted by atomic mass is 16.5. The summed E-state index contributed by atoms with van der Waals surface area (Å²) in [6, 6.07) is 9.87. The third kappa shape index (κ3) is 2.05. The summed E-state index contributed by atoms with van der Waals surface area (Å²) in [4.78, 5) is 2.69. The van der Waals surface area contributed by atoms with E-state index in [9.17, 15) is 0 Å². The average Bonchev–Trinajstić information content (AvgIpc) is 2.90. The van der Waals surface area contributed by atoms with Crippen LogP contribution in [0, 0.1) is 5.92 Å². The molecule has 19 heavy (non-hydrogen) atoms. The number of piperidine rings is 1. The van der Waals surface area contributed by atoms with Crippen molar-refractivity contribution in [2.75, 3.05) is 26.2 Å². The zero-order valence-corrected chi connectivity index (χ0v) is 11.3. The van der Waals surface area contributed by atoms with E-state index in [4.69, 9.17) is 4.74 Å². The zero-order valence-electron chi connectivity index (χ0n) is 11.3. The third-order valence-corrected chi connectivity index (χ3v) is 5.00. The van der Waals surface area contributed by atoms with Crippen LogP contribution in [0.5, 0.6) is 5.75 Å². The van der Waals surface area contributed by atoms with Crippen molar-refractivity contribution in [3.05, 3.63) is 29.8 Å². The van der Waals surface area contributed by atoms with Gasteiger partial charge in [0.1, 0.15) is 5.75 Å². The molecule has 0 bridgehead atoms. The number of para-hydroxylation sites is 1. The van der Waals surface area contributed by atoms with E-state index in [1.54, 1.807) is 0 Å². The number of hydrogen-bond acceptors (Lipinski definition) is 3. The van der Waals surface area contributed by atoms with Gasteiger partial charge in [0.15, 0.2) is 0 Å². The molecule has 1 aromatic carbocycles. The summed E-state index contributed by atoms with van der Waals surface area (Å²) in [6.07, 6.45) is 3.88. The summed E-state index contributed by atoms with van der Waals surface area (Å²) < 4.78 is 5.79. The highest BCUT2D eigenvalue weighted by Crippen LogP contribution is 2.39. The van der Waals surface area contributed by atoms with Crippen LogP contribution in [0.2, 0.25) is 0 Å². The zero-order chi connectivity index (χ0) is 12.7. The minimum absolute atomic E-state index is 0.567. The lowest BCUT2D eigenvalue weighted by Crippen LogP contribution is -2.41. The Balaban J connectivity index is 1.57. The quantitative estimate of drug-likeness (QED) is 0.835. The van der Waals surface area contributed by atoms with Gasteiger partial charge in [-0.25, -0.2) is 0 Å². The van der Waals surface area contributed by atoms with E-state index < -0.39 is 0 Å². The molecule has 2 saturated heterocycles. The molecule has 0 amide bonds. The molecule has 3 nitrogen and oxygen atoms in total. The average molecular weight is 258 g/mol. The monoisotopic (exact) mass is 258 g/mol. The SMILES string of the molecule is c1ccc2c(c1)OCCC2N1C[C@@H]2CCCN[C@@H]2C1. The first-order valence-electron chi connectivity index (χ1n) is 7.61. The fourth-order valence-corrected chi connectivity index (χ4v) is 4.04. The standard InChI is InChI=1S/C16H22N2O/c1-2-6-16-13(5-1)15(7-9-19-16)18-10-12-4-3-8-17-14(12)11-18/h1-2,5-6,12,14-15,17H,3-4,7-11H2/t12-,14+,15?/m0/s1. The van der Waals surface area contributed by atoms with Gasteiger partial charge in [-0.1, -0.05) is 18.2 Å². The molecule has 0 radical (unpaired) electrons. The molecule has 3 heterocycles. The van der Waals surface area contributed by atoms with Crippen LogP contribution in [-0.4, -0.2) is 37.2 Å². The Bertz CT molecular complexity index is 448. The van der Waals surface area contributed by atoms with Gasteiger partial charge in [-0.15, -0.1) is 0 Å². The van der Waals surface area contributed by atoms with E-state index in [1.807, 2.05) is 0 Å². The number of nitrogens with zero attached hydrogens (tertiary/aromatic N) is 1. The van der Waals surface area contributed by atoms with Crippen molar-refractivity contribution in [1.29, 1.82) is 0 Å². The predicted octanol–water partition coefficient (Wildman–Crippen LogP) is 2.19. The van der Waals surface area contributed by atoms with Crippen LogP contribution >= 0.6 is 0 Å². The van der Waals surface area contributed by atoms with E-state index in [2.05, 4.69) is 34.5 Å². The van der Waals surface area contributed by atoms with Crippen molar-refractivity contribution in [2.45, 2.75) is 31.3 Å².